The second-order valence-corrected chi connectivity index (χ2v) is 8.59. The summed E-state index contributed by atoms with van der Waals surface area (Å²) in [5, 5.41) is 3.81. The number of hydrogen-bond acceptors (Lipinski definition) is 3. The Morgan fingerprint density at radius 3 is 2.32 bits per heavy atom. The summed E-state index contributed by atoms with van der Waals surface area (Å²) in [5.41, 5.74) is 2.64. The minimum Gasteiger partial charge on any atom is -0.483 e. The molecule has 2 aromatic carbocycles. The molecule has 0 radical (unpaired) electrons. The molecule has 0 aliphatic carbocycles. The zero-order chi connectivity index (χ0) is 23.1. The Morgan fingerprint density at radius 1 is 1.10 bits per heavy atom. The van der Waals surface area contributed by atoms with Crippen molar-refractivity contribution in [3.05, 3.63) is 63.1 Å². The number of rotatable bonds is 9. The van der Waals surface area contributed by atoms with Crippen LogP contribution in [0.3, 0.4) is 0 Å². The Bertz CT molecular complexity index is 913. The van der Waals surface area contributed by atoms with Gasteiger partial charge in [0, 0.05) is 28.2 Å². The van der Waals surface area contributed by atoms with Crippen molar-refractivity contribution in [2.24, 2.45) is 0 Å². The summed E-state index contributed by atoms with van der Waals surface area (Å²) in [7, 11) is 0. The molecule has 0 aliphatic rings. The third kappa shape index (κ3) is 6.88. The van der Waals surface area contributed by atoms with Crippen molar-refractivity contribution in [1.82, 2.24) is 10.2 Å². The Kier molecular flexibility index (Phi) is 9.20. The van der Waals surface area contributed by atoms with Crippen molar-refractivity contribution in [2.75, 3.05) is 6.61 Å². The lowest BCUT2D eigenvalue weighted by Gasteiger charge is -2.30. The number of carbonyl (C=O) groups excluding carboxylic acids is 2. The lowest BCUT2D eigenvalue weighted by molar-refractivity contribution is -0.142. The quantitative estimate of drug-likeness (QED) is 0.545. The third-order valence-corrected chi connectivity index (χ3v) is 5.95. The lowest BCUT2D eigenvalue weighted by Crippen LogP contribution is -2.50. The van der Waals surface area contributed by atoms with Crippen molar-refractivity contribution >= 4 is 35.0 Å². The van der Waals surface area contributed by atoms with Gasteiger partial charge in [-0.15, -0.1) is 0 Å². The van der Waals surface area contributed by atoms with Crippen LogP contribution in [0.25, 0.3) is 0 Å². The molecule has 0 aliphatic heterocycles. The smallest absolute Gasteiger partial charge is 0.261 e. The van der Waals surface area contributed by atoms with Gasteiger partial charge in [-0.05, 0) is 57.9 Å². The largest absolute Gasteiger partial charge is 0.483 e. The van der Waals surface area contributed by atoms with Crippen LogP contribution in [0.2, 0.25) is 10.0 Å². The number of benzene rings is 2. The summed E-state index contributed by atoms with van der Waals surface area (Å²) in [5.74, 6) is 0.0616. The Hall–Kier alpha value is -2.24. The summed E-state index contributed by atoms with van der Waals surface area (Å²) >= 11 is 12.6. The highest BCUT2D eigenvalue weighted by Gasteiger charge is 2.28. The highest BCUT2D eigenvalue weighted by Crippen LogP contribution is 2.27. The molecule has 2 rings (SSSR count). The maximum absolute atomic E-state index is 13.2. The summed E-state index contributed by atoms with van der Waals surface area (Å²) < 4.78 is 5.78. The molecular formula is C24H30Cl2N2O3. The fourth-order valence-electron chi connectivity index (χ4n) is 3.09. The summed E-state index contributed by atoms with van der Waals surface area (Å²) in [6, 6.07) is 10.2. The number of halogens is 2. The number of carbonyl (C=O) groups is 2. The van der Waals surface area contributed by atoms with E-state index in [1.165, 1.54) is 4.90 Å². The van der Waals surface area contributed by atoms with Gasteiger partial charge < -0.3 is 15.0 Å². The van der Waals surface area contributed by atoms with Crippen LogP contribution >= 0.6 is 23.2 Å². The molecule has 31 heavy (non-hydrogen) atoms. The van der Waals surface area contributed by atoms with Gasteiger partial charge in [0.25, 0.3) is 5.91 Å². The van der Waals surface area contributed by atoms with E-state index in [0.29, 0.717) is 21.4 Å². The summed E-state index contributed by atoms with van der Waals surface area (Å²) in [6.45, 7) is 9.42. The minimum absolute atomic E-state index is 0.00209. The Morgan fingerprint density at radius 2 is 1.74 bits per heavy atom. The van der Waals surface area contributed by atoms with Crippen molar-refractivity contribution in [3.8, 4) is 5.75 Å². The second kappa shape index (κ2) is 11.4. The molecule has 2 amide bonds. The van der Waals surface area contributed by atoms with E-state index in [1.54, 1.807) is 25.1 Å². The van der Waals surface area contributed by atoms with Crippen molar-refractivity contribution < 1.29 is 14.3 Å². The van der Waals surface area contributed by atoms with E-state index in [0.717, 1.165) is 17.5 Å². The molecule has 0 aromatic heterocycles. The molecule has 0 unspecified atom stereocenters. The van der Waals surface area contributed by atoms with Crippen LogP contribution in [0.1, 0.15) is 43.9 Å². The first-order chi connectivity index (χ1) is 14.6. The van der Waals surface area contributed by atoms with Gasteiger partial charge in [-0.25, -0.2) is 0 Å². The molecule has 7 heteroatoms. The highest BCUT2D eigenvalue weighted by atomic mass is 35.5. The number of nitrogens with zero attached hydrogens (tertiary/aromatic N) is 1. The van der Waals surface area contributed by atoms with Gasteiger partial charge in [0.05, 0.1) is 0 Å². The van der Waals surface area contributed by atoms with Crippen molar-refractivity contribution in [3.63, 3.8) is 0 Å². The first kappa shape index (κ1) is 25.0. The van der Waals surface area contributed by atoms with Crippen LogP contribution in [0.5, 0.6) is 5.75 Å². The van der Waals surface area contributed by atoms with Crippen LogP contribution < -0.4 is 10.1 Å². The number of ether oxygens (including phenoxy) is 1. The van der Waals surface area contributed by atoms with E-state index in [-0.39, 0.29) is 31.0 Å². The van der Waals surface area contributed by atoms with Gasteiger partial charge in [0.2, 0.25) is 5.91 Å². The number of hydrogen-bond donors (Lipinski definition) is 1. The molecule has 5 nitrogen and oxygen atoms in total. The van der Waals surface area contributed by atoms with Gasteiger partial charge in [0.1, 0.15) is 11.8 Å². The number of amides is 2. The van der Waals surface area contributed by atoms with E-state index >= 15 is 0 Å². The van der Waals surface area contributed by atoms with Crippen LogP contribution in [0, 0.1) is 13.8 Å². The minimum atomic E-state index is -0.725. The van der Waals surface area contributed by atoms with Crippen LogP contribution in [-0.2, 0) is 16.1 Å². The maximum Gasteiger partial charge on any atom is 0.261 e. The molecule has 0 saturated carbocycles. The molecule has 0 heterocycles. The standard InChI is InChI=1S/C24H30Cl2N2O3/c1-6-17(4)27-24(30)18(5)28(13-19-20(25)8-7-9-21(19)26)23(29)14-31-22-11-10-15(2)12-16(22)3/h7-12,17-18H,6,13-14H2,1-5H3,(H,27,30)/t17-,18-/m1/s1. The fourth-order valence-corrected chi connectivity index (χ4v) is 3.60. The second-order valence-electron chi connectivity index (χ2n) is 7.77. The average Bonchev–Trinajstić information content (AvgIpc) is 2.72. The molecule has 0 spiro atoms. The van der Waals surface area contributed by atoms with Crippen molar-refractivity contribution in [2.45, 2.75) is 59.7 Å². The monoisotopic (exact) mass is 464 g/mol. The Balaban J connectivity index is 2.24. The summed E-state index contributed by atoms with van der Waals surface area (Å²) in [6.07, 6.45) is 0.790. The molecular weight excluding hydrogens is 435 g/mol. The van der Waals surface area contributed by atoms with Crippen molar-refractivity contribution in [1.29, 1.82) is 0 Å². The van der Waals surface area contributed by atoms with Gasteiger partial charge in [0.15, 0.2) is 6.61 Å². The normalized spacial score (nSPS) is 12.7. The fraction of sp³-hybridized carbons (Fsp3) is 0.417. The highest BCUT2D eigenvalue weighted by molar-refractivity contribution is 6.36. The zero-order valence-electron chi connectivity index (χ0n) is 18.7. The van der Waals surface area contributed by atoms with E-state index < -0.39 is 6.04 Å². The van der Waals surface area contributed by atoms with Crippen LogP contribution in [-0.4, -0.2) is 35.4 Å². The predicted octanol–water partition coefficient (Wildman–Crippen LogP) is 5.32. The molecule has 0 saturated heterocycles. The average molecular weight is 465 g/mol. The van der Waals surface area contributed by atoms with Gasteiger partial charge >= 0.3 is 0 Å². The predicted molar refractivity (Wildman–Crippen MR) is 126 cm³/mol. The van der Waals surface area contributed by atoms with Crippen LogP contribution in [0.15, 0.2) is 36.4 Å². The molecule has 0 bridgehead atoms. The SMILES string of the molecule is CC[C@@H](C)NC(=O)[C@@H](C)N(Cc1c(Cl)cccc1Cl)C(=O)COc1ccc(C)cc1C. The van der Waals surface area contributed by atoms with E-state index in [9.17, 15) is 9.59 Å². The van der Waals surface area contributed by atoms with Gasteiger partial charge in [-0.1, -0.05) is 53.9 Å². The molecule has 2 atom stereocenters. The Labute approximate surface area is 194 Å². The number of nitrogens with one attached hydrogen (secondary N) is 1. The molecule has 2 aromatic rings. The van der Waals surface area contributed by atoms with E-state index in [4.69, 9.17) is 27.9 Å². The zero-order valence-corrected chi connectivity index (χ0v) is 20.2. The maximum atomic E-state index is 13.2. The lowest BCUT2D eigenvalue weighted by atomic mass is 10.1. The van der Waals surface area contributed by atoms with Gasteiger partial charge in [-0.3, -0.25) is 9.59 Å². The van der Waals surface area contributed by atoms with E-state index in [2.05, 4.69) is 5.32 Å². The number of aryl methyl sites for hydroxylation is 2. The van der Waals surface area contributed by atoms with E-state index in [1.807, 2.05) is 45.9 Å². The summed E-state index contributed by atoms with van der Waals surface area (Å²) in [4.78, 5) is 27.4. The topological polar surface area (TPSA) is 58.6 Å². The first-order valence-electron chi connectivity index (χ1n) is 10.4. The first-order valence-corrected chi connectivity index (χ1v) is 11.1. The third-order valence-electron chi connectivity index (χ3n) is 5.24. The van der Waals surface area contributed by atoms with Crippen LogP contribution in [0.4, 0.5) is 0 Å². The molecule has 0 fully saturated rings. The molecule has 168 valence electrons. The van der Waals surface area contributed by atoms with Gasteiger partial charge in [-0.2, -0.15) is 0 Å². The molecule has 1 N–H and O–H groups in total.